The zero-order valence-electron chi connectivity index (χ0n) is 14.0. The average Bonchev–Trinajstić information content (AvgIpc) is 3.11. The van der Waals surface area contributed by atoms with Gasteiger partial charge in [-0.3, -0.25) is 4.79 Å². The summed E-state index contributed by atoms with van der Waals surface area (Å²) in [4.78, 5) is 19.9. The Morgan fingerprint density at radius 3 is 2.35 bits per heavy atom. The number of anilines is 1. The van der Waals surface area contributed by atoms with E-state index in [2.05, 4.69) is 15.3 Å². The lowest BCUT2D eigenvalue weighted by molar-refractivity contribution is -0.115. The summed E-state index contributed by atoms with van der Waals surface area (Å²) in [7, 11) is 0. The highest BCUT2D eigenvalue weighted by Gasteiger charge is 2.20. The third kappa shape index (κ3) is 4.49. The van der Waals surface area contributed by atoms with Gasteiger partial charge in [0.05, 0.1) is 17.1 Å². The number of carbonyl (C=O) groups excluding carboxylic acids is 1. The Labute approximate surface area is 154 Å². The number of nitrogens with zero attached hydrogens (tertiary/aromatic N) is 1. The second kappa shape index (κ2) is 8.14. The monoisotopic (exact) mass is 373 g/mol. The van der Waals surface area contributed by atoms with Gasteiger partial charge in [-0.1, -0.05) is 18.7 Å². The van der Waals surface area contributed by atoms with Crippen LogP contribution >= 0.6 is 11.8 Å². The van der Waals surface area contributed by atoms with Crippen molar-refractivity contribution in [3.05, 3.63) is 66.4 Å². The first-order valence-corrected chi connectivity index (χ1v) is 8.97. The molecule has 0 aliphatic carbocycles. The molecule has 26 heavy (non-hydrogen) atoms. The van der Waals surface area contributed by atoms with E-state index in [1.165, 1.54) is 48.2 Å². The molecule has 1 aromatic heterocycles. The van der Waals surface area contributed by atoms with Gasteiger partial charge in [0.15, 0.2) is 5.16 Å². The summed E-state index contributed by atoms with van der Waals surface area (Å²) in [5.74, 6) is -0.830. The smallest absolute Gasteiger partial charge is 0.237 e. The van der Waals surface area contributed by atoms with Gasteiger partial charge in [-0.2, -0.15) is 0 Å². The van der Waals surface area contributed by atoms with Crippen LogP contribution in [0.5, 0.6) is 0 Å². The Bertz CT molecular complexity index is 879. The minimum absolute atomic E-state index is 0.177. The van der Waals surface area contributed by atoms with Gasteiger partial charge in [0.25, 0.3) is 0 Å². The molecule has 4 nitrogen and oxygen atoms in total. The van der Waals surface area contributed by atoms with Crippen molar-refractivity contribution in [3.63, 3.8) is 0 Å². The van der Waals surface area contributed by atoms with Crippen LogP contribution in [0.3, 0.4) is 0 Å². The maximum atomic E-state index is 13.0. The van der Waals surface area contributed by atoms with Gasteiger partial charge in [-0.05, 0) is 60.5 Å². The van der Waals surface area contributed by atoms with E-state index in [1.807, 2.05) is 6.92 Å². The number of hydrogen-bond acceptors (Lipinski definition) is 3. The predicted octanol–water partition coefficient (Wildman–Crippen LogP) is 4.86. The Morgan fingerprint density at radius 1 is 1.12 bits per heavy atom. The fraction of sp³-hybridized carbons (Fsp3) is 0.158. The second-order valence-electron chi connectivity index (χ2n) is 5.62. The number of amides is 1. The Morgan fingerprint density at radius 2 is 1.73 bits per heavy atom. The lowest BCUT2D eigenvalue weighted by Crippen LogP contribution is -2.24. The Hall–Kier alpha value is -2.67. The molecule has 1 atom stereocenters. The molecular weight excluding hydrogens is 356 g/mol. The molecule has 2 N–H and O–H groups in total. The number of hydrogen-bond donors (Lipinski definition) is 2. The molecule has 0 spiro atoms. The van der Waals surface area contributed by atoms with Gasteiger partial charge < -0.3 is 10.3 Å². The largest absolute Gasteiger partial charge is 0.333 e. The highest BCUT2D eigenvalue weighted by Crippen LogP contribution is 2.27. The maximum absolute atomic E-state index is 13.0. The van der Waals surface area contributed by atoms with Gasteiger partial charge in [-0.25, -0.2) is 13.8 Å². The first kappa shape index (κ1) is 18.1. The SMILES string of the molecule is CCC(Sc1ncc(-c2ccc(F)cc2)[nH]1)C(=O)Nc1ccc(F)cc1. The molecule has 0 aliphatic rings. The van der Waals surface area contributed by atoms with Gasteiger partial charge in [0.1, 0.15) is 11.6 Å². The van der Waals surface area contributed by atoms with Crippen molar-refractivity contribution in [1.29, 1.82) is 0 Å². The number of aromatic amines is 1. The number of H-pyrrole nitrogens is 1. The normalized spacial score (nSPS) is 12.0. The van der Waals surface area contributed by atoms with Crippen LogP contribution in [0.15, 0.2) is 59.9 Å². The first-order chi connectivity index (χ1) is 12.5. The molecular formula is C19H17F2N3OS. The van der Waals surface area contributed by atoms with Crippen LogP contribution in [0.4, 0.5) is 14.5 Å². The Kier molecular flexibility index (Phi) is 5.68. The van der Waals surface area contributed by atoms with Crippen molar-refractivity contribution in [2.45, 2.75) is 23.8 Å². The zero-order chi connectivity index (χ0) is 18.5. The van der Waals surface area contributed by atoms with E-state index in [4.69, 9.17) is 0 Å². The quantitative estimate of drug-likeness (QED) is 0.607. The summed E-state index contributed by atoms with van der Waals surface area (Å²) in [6.45, 7) is 1.91. The van der Waals surface area contributed by atoms with Crippen molar-refractivity contribution < 1.29 is 13.6 Å². The molecule has 0 saturated carbocycles. The van der Waals surface area contributed by atoms with Crippen LogP contribution in [0, 0.1) is 11.6 Å². The summed E-state index contributed by atoms with van der Waals surface area (Å²) in [6, 6.07) is 11.7. The van der Waals surface area contributed by atoms with Gasteiger partial charge in [-0.15, -0.1) is 0 Å². The van der Waals surface area contributed by atoms with Crippen LogP contribution in [0.2, 0.25) is 0 Å². The van der Waals surface area contributed by atoms with Crippen molar-refractivity contribution in [2.24, 2.45) is 0 Å². The van der Waals surface area contributed by atoms with Gasteiger partial charge in [0, 0.05) is 5.69 Å². The van der Waals surface area contributed by atoms with E-state index < -0.39 is 0 Å². The van der Waals surface area contributed by atoms with E-state index >= 15 is 0 Å². The molecule has 3 rings (SSSR count). The third-order valence-corrected chi connectivity index (χ3v) is 5.00. The molecule has 0 saturated heterocycles. The summed E-state index contributed by atoms with van der Waals surface area (Å²) in [5.41, 5.74) is 2.11. The summed E-state index contributed by atoms with van der Waals surface area (Å²) in [6.07, 6.45) is 2.25. The molecule has 2 aromatic carbocycles. The molecule has 7 heteroatoms. The number of benzene rings is 2. The molecule has 1 unspecified atom stereocenters. The second-order valence-corrected chi connectivity index (χ2v) is 6.81. The van der Waals surface area contributed by atoms with E-state index in [0.717, 1.165) is 11.3 Å². The number of aromatic nitrogens is 2. The van der Waals surface area contributed by atoms with E-state index in [0.29, 0.717) is 17.3 Å². The predicted molar refractivity (Wildman–Crippen MR) is 98.9 cm³/mol. The lowest BCUT2D eigenvalue weighted by atomic mass is 10.2. The van der Waals surface area contributed by atoms with Crippen molar-refractivity contribution in [2.75, 3.05) is 5.32 Å². The van der Waals surface area contributed by atoms with Crippen LogP contribution in [-0.4, -0.2) is 21.1 Å². The van der Waals surface area contributed by atoms with Crippen LogP contribution in [0.1, 0.15) is 13.3 Å². The van der Waals surface area contributed by atoms with E-state index in [1.54, 1.807) is 18.3 Å². The van der Waals surface area contributed by atoms with Crippen molar-refractivity contribution in [1.82, 2.24) is 9.97 Å². The summed E-state index contributed by atoms with van der Waals surface area (Å²) in [5, 5.41) is 3.02. The van der Waals surface area contributed by atoms with E-state index in [-0.39, 0.29) is 22.8 Å². The molecule has 134 valence electrons. The minimum atomic E-state index is -0.354. The molecule has 1 heterocycles. The highest BCUT2D eigenvalue weighted by atomic mass is 32.2. The molecule has 0 radical (unpaired) electrons. The fourth-order valence-electron chi connectivity index (χ4n) is 2.35. The van der Waals surface area contributed by atoms with Crippen molar-refractivity contribution in [3.8, 4) is 11.3 Å². The van der Waals surface area contributed by atoms with Crippen LogP contribution < -0.4 is 5.32 Å². The molecule has 3 aromatic rings. The standard InChI is InChI=1S/C19H17F2N3OS/c1-2-17(18(25)23-15-9-7-14(21)8-10-15)26-19-22-11-16(24-19)12-3-5-13(20)6-4-12/h3-11,17H,2H2,1H3,(H,22,24)(H,23,25). The number of imidazole rings is 1. The minimum Gasteiger partial charge on any atom is -0.333 e. The van der Waals surface area contributed by atoms with Crippen LogP contribution in [-0.2, 0) is 4.79 Å². The fourth-order valence-corrected chi connectivity index (χ4v) is 3.24. The van der Waals surface area contributed by atoms with Gasteiger partial charge >= 0.3 is 0 Å². The number of halogens is 2. The van der Waals surface area contributed by atoms with Gasteiger partial charge in [0.2, 0.25) is 5.91 Å². The number of nitrogens with one attached hydrogen (secondary N) is 2. The number of carbonyl (C=O) groups is 1. The molecule has 0 fully saturated rings. The topological polar surface area (TPSA) is 57.8 Å². The molecule has 1 amide bonds. The number of thioether (sulfide) groups is 1. The maximum Gasteiger partial charge on any atom is 0.237 e. The lowest BCUT2D eigenvalue weighted by Gasteiger charge is -2.13. The summed E-state index contributed by atoms with van der Waals surface area (Å²) < 4.78 is 26.0. The van der Waals surface area contributed by atoms with Crippen molar-refractivity contribution >= 4 is 23.4 Å². The van der Waals surface area contributed by atoms with Crippen LogP contribution in [0.25, 0.3) is 11.3 Å². The highest BCUT2D eigenvalue weighted by molar-refractivity contribution is 8.00. The zero-order valence-corrected chi connectivity index (χ0v) is 14.8. The molecule has 0 aliphatic heterocycles. The third-order valence-electron chi connectivity index (χ3n) is 3.74. The Balaban J connectivity index is 1.67. The number of rotatable bonds is 6. The summed E-state index contributed by atoms with van der Waals surface area (Å²) >= 11 is 1.31. The average molecular weight is 373 g/mol. The molecule has 0 bridgehead atoms. The first-order valence-electron chi connectivity index (χ1n) is 8.09. The van der Waals surface area contributed by atoms with E-state index in [9.17, 15) is 13.6 Å².